The first-order valence-electron chi connectivity index (χ1n) is 7.53. The number of carboxylic acid groups (broad SMARTS) is 1. The van der Waals surface area contributed by atoms with E-state index in [-0.39, 0.29) is 25.3 Å². The number of carbonyl (C=O) groups excluding carboxylic acids is 2. The van der Waals surface area contributed by atoms with Crippen LogP contribution in [0.2, 0.25) is 0 Å². The van der Waals surface area contributed by atoms with Gasteiger partial charge >= 0.3 is 5.97 Å². The highest BCUT2D eigenvalue weighted by Gasteiger charge is 2.30. The van der Waals surface area contributed by atoms with E-state index in [1.807, 2.05) is 0 Å². The molecule has 0 saturated heterocycles. The topological polar surface area (TPSA) is 226 Å². The van der Waals surface area contributed by atoms with Gasteiger partial charge in [0.05, 0.1) is 12.7 Å². The second-order valence-electron chi connectivity index (χ2n) is 5.36. The van der Waals surface area contributed by atoms with E-state index < -0.39 is 48.6 Å². The van der Waals surface area contributed by atoms with Gasteiger partial charge in [-0.25, -0.2) is 4.79 Å². The first kappa shape index (κ1) is 22.6. The minimum atomic E-state index is -1.43. The Hall–Kier alpha value is -2.44. The molecule has 2 amide bonds. The summed E-state index contributed by atoms with van der Waals surface area (Å²) in [5.41, 5.74) is 15.6. The van der Waals surface area contributed by atoms with Crippen molar-refractivity contribution in [1.29, 1.82) is 0 Å². The molecule has 0 aliphatic heterocycles. The largest absolute Gasteiger partial charge is 0.480 e. The Labute approximate surface area is 144 Å². The third kappa shape index (κ3) is 8.83. The lowest BCUT2D eigenvalue weighted by atomic mass is 10.1. The predicted molar refractivity (Wildman–Crippen MR) is 88.2 cm³/mol. The number of hydrogen-bond donors (Lipinski definition) is 8. The van der Waals surface area contributed by atoms with Crippen molar-refractivity contribution in [1.82, 2.24) is 10.6 Å². The van der Waals surface area contributed by atoms with Gasteiger partial charge in [-0.3, -0.25) is 14.6 Å². The quantitative estimate of drug-likeness (QED) is 0.101. The molecule has 0 aliphatic carbocycles. The highest BCUT2D eigenvalue weighted by Crippen LogP contribution is 2.02. The summed E-state index contributed by atoms with van der Waals surface area (Å²) in [4.78, 5) is 38.7. The molecular weight excluding hydrogens is 336 g/mol. The zero-order valence-electron chi connectivity index (χ0n) is 13.9. The van der Waals surface area contributed by atoms with Crippen LogP contribution in [0.25, 0.3) is 0 Å². The van der Waals surface area contributed by atoms with Gasteiger partial charge in [0.15, 0.2) is 5.96 Å². The standard InChI is InChI=1S/C13H26N6O6/c1-6(21)9(19-10(22)7(14)5-20)11(23)18-8(12(24)25)3-2-4-17-13(15)16/h6-9,20-21H,2-5,14H2,1H3,(H,18,23)(H,19,22)(H,24,25)(H4,15,16,17). The fraction of sp³-hybridized carbons (Fsp3) is 0.692. The van der Waals surface area contributed by atoms with Crippen molar-refractivity contribution in [2.24, 2.45) is 22.2 Å². The molecule has 0 aliphatic rings. The van der Waals surface area contributed by atoms with Crippen molar-refractivity contribution in [2.45, 2.75) is 44.0 Å². The highest BCUT2D eigenvalue weighted by molar-refractivity contribution is 5.92. The maximum atomic E-state index is 12.2. The molecule has 0 aromatic rings. The number of nitrogens with one attached hydrogen (secondary N) is 2. The van der Waals surface area contributed by atoms with Crippen LogP contribution in [0.3, 0.4) is 0 Å². The Morgan fingerprint density at radius 1 is 1.16 bits per heavy atom. The lowest BCUT2D eigenvalue weighted by Gasteiger charge is -2.24. The Morgan fingerprint density at radius 3 is 2.20 bits per heavy atom. The van der Waals surface area contributed by atoms with Crippen LogP contribution in [0, 0.1) is 0 Å². The minimum Gasteiger partial charge on any atom is -0.480 e. The van der Waals surface area contributed by atoms with Gasteiger partial charge in [0.25, 0.3) is 0 Å². The second kappa shape index (κ2) is 11.2. The van der Waals surface area contributed by atoms with Gasteiger partial charge in [-0.2, -0.15) is 0 Å². The summed E-state index contributed by atoms with van der Waals surface area (Å²) >= 11 is 0. The summed E-state index contributed by atoms with van der Waals surface area (Å²) in [6, 6.07) is -3.96. The van der Waals surface area contributed by atoms with Gasteiger partial charge in [0.2, 0.25) is 11.8 Å². The van der Waals surface area contributed by atoms with E-state index in [4.69, 9.17) is 27.4 Å². The monoisotopic (exact) mass is 362 g/mol. The number of aliphatic imine (C=N–C) groups is 1. The summed E-state index contributed by atoms with van der Waals surface area (Å²) in [5.74, 6) is -3.18. The molecule has 12 heteroatoms. The number of nitrogens with two attached hydrogens (primary N) is 3. The van der Waals surface area contributed by atoms with E-state index in [9.17, 15) is 19.5 Å². The van der Waals surface area contributed by atoms with Gasteiger partial charge in [-0.1, -0.05) is 0 Å². The van der Waals surface area contributed by atoms with Crippen molar-refractivity contribution in [3.63, 3.8) is 0 Å². The van der Waals surface area contributed by atoms with Crippen molar-refractivity contribution in [2.75, 3.05) is 13.2 Å². The third-order valence-electron chi connectivity index (χ3n) is 3.16. The molecule has 11 N–H and O–H groups in total. The molecule has 0 saturated carbocycles. The van der Waals surface area contributed by atoms with E-state index in [1.165, 1.54) is 6.92 Å². The number of hydrogen-bond acceptors (Lipinski definition) is 7. The number of carbonyl (C=O) groups is 3. The number of guanidine groups is 1. The van der Waals surface area contributed by atoms with E-state index in [2.05, 4.69) is 15.6 Å². The number of nitrogens with zero attached hydrogens (tertiary/aromatic N) is 1. The van der Waals surface area contributed by atoms with Crippen molar-refractivity contribution in [3.05, 3.63) is 0 Å². The van der Waals surface area contributed by atoms with Crippen LogP contribution >= 0.6 is 0 Å². The molecule has 25 heavy (non-hydrogen) atoms. The zero-order chi connectivity index (χ0) is 19.6. The summed E-state index contributed by atoms with van der Waals surface area (Å²) in [7, 11) is 0. The van der Waals surface area contributed by atoms with Crippen molar-refractivity contribution >= 4 is 23.7 Å². The Bertz CT molecular complexity index is 493. The van der Waals surface area contributed by atoms with Crippen LogP contribution in [0.5, 0.6) is 0 Å². The lowest BCUT2D eigenvalue weighted by Crippen LogP contribution is -2.58. The lowest BCUT2D eigenvalue weighted by molar-refractivity contribution is -0.143. The van der Waals surface area contributed by atoms with Crippen LogP contribution < -0.4 is 27.8 Å². The van der Waals surface area contributed by atoms with Gasteiger partial charge in [0.1, 0.15) is 18.1 Å². The maximum absolute atomic E-state index is 12.2. The molecule has 0 bridgehead atoms. The molecule has 0 radical (unpaired) electrons. The van der Waals surface area contributed by atoms with Gasteiger partial charge in [0, 0.05) is 6.54 Å². The van der Waals surface area contributed by atoms with Crippen molar-refractivity contribution in [3.8, 4) is 0 Å². The van der Waals surface area contributed by atoms with E-state index in [0.29, 0.717) is 0 Å². The number of aliphatic hydroxyl groups excluding tert-OH is 2. The van der Waals surface area contributed by atoms with Crippen LogP contribution in [-0.2, 0) is 14.4 Å². The molecule has 0 heterocycles. The fourth-order valence-corrected chi connectivity index (χ4v) is 1.77. The SMILES string of the molecule is CC(O)C(NC(=O)C(N)CO)C(=O)NC(CCCN=C(N)N)C(=O)O. The van der Waals surface area contributed by atoms with Crippen LogP contribution in [0.4, 0.5) is 0 Å². The highest BCUT2D eigenvalue weighted by atomic mass is 16.4. The maximum Gasteiger partial charge on any atom is 0.326 e. The summed E-state index contributed by atoms with van der Waals surface area (Å²) in [6.45, 7) is 0.774. The first-order chi connectivity index (χ1) is 11.6. The summed E-state index contributed by atoms with van der Waals surface area (Å²) < 4.78 is 0. The molecule has 12 nitrogen and oxygen atoms in total. The smallest absolute Gasteiger partial charge is 0.326 e. The molecular formula is C13H26N6O6. The first-order valence-corrected chi connectivity index (χ1v) is 7.53. The fourth-order valence-electron chi connectivity index (χ4n) is 1.77. The normalized spacial score (nSPS) is 15.4. The molecule has 0 spiro atoms. The van der Waals surface area contributed by atoms with Gasteiger partial charge < -0.3 is 43.2 Å². The number of aliphatic carboxylic acids is 1. The Morgan fingerprint density at radius 2 is 1.76 bits per heavy atom. The molecule has 144 valence electrons. The summed E-state index contributed by atoms with van der Waals surface area (Å²) in [6.07, 6.45) is -0.990. The molecule has 0 aromatic heterocycles. The number of rotatable bonds is 11. The summed E-state index contributed by atoms with van der Waals surface area (Å²) in [5, 5.41) is 32.0. The third-order valence-corrected chi connectivity index (χ3v) is 3.16. The number of carboxylic acids is 1. The van der Waals surface area contributed by atoms with Crippen molar-refractivity contribution < 1.29 is 29.7 Å². The Kier molecular flexibility index (Phi) is 10.1. The minimum absolute atomic E-state index is 0.0362. The number of aliphatic hydroxyl groups is 2. The van der Waals surface area contributed by atoms with E-state index >= 15 is 0 Å². The van der Waals surface area contributed by atoms with Gasteiger partial charge in [-0.05, 0) is 19.8 Å². The molecule has 4 unspecified atom stereocenters. The molecule has 0 aromatic carbocycles. The average Bonchev–Trinajstić information content (AvgIpc) is 2.53. The van der Waals surface area contributed by atoms with Crippen LogP contribution in [0.1, 0.15) is 19.8 Å². The average molecular weight is 362 g/mol. The molecule has 4 atom stereocenters. The van der Waals surface area contributed by atoms with Gasteiger partial charge in [-0.15, -0.1) is 0 Å². The molecule has 0 rings (SSSR count). The van der Waals surface area contributed by atoms with Crippen LogP contribution in [0.15, 0.2) is 4.99 Å². The Balaban J connectivity index is 4.83. The predicted octanol–water partition coefficient (Wildman–Crippen LogP) is -4.21. The number of amides is 2. The van der Waals surface area contributed by atoms with E-state index in [0.717, 1.165) is 0 Å². The zero-order valence-corrected chi connectivity index (χ0v) is 13.9. The van der Waals surface area contributed by atoms with E-state index in [1.54, 1.807) is 0 Å². The van der Waals surface area contributed by atoms with Crippen LogP contribution in [-0.4, -0.2) is 76.4 Å². The molecule has 0 fully saturated rings. The second-order valence-corrected chi connectivity index (χ2v) is 5.36.